The number of amides is 1. The molecule has 12 heteroatoms. The average Bonchev–Trinajstić information content (AvgIpc) is 3.62. The topological polar surface area (TPSA) is 114 Å². The van der Waals surface area contributed by atoms with Crippen LogP contribution in [-0.2, 0) is 16.2 Å². The molecule has 2 aromatic heterocycles. The smallest absolute Gasteiger partial charge is 0.254 e. The van der Waals surface area contributed by atoms with Crippen molar-refractivity contribution in [3.63, 3.8) is 0 Å². The molecule has 0 atom stereocenters. The van der Waals surface area contributed by atoms with Gasteiger partial charge in [-0.3, -0.25) is 9.59 Å². The van der Waals surface area contributed by atoms with Gasteiger partial charge in [0.25, 0.3) is 5.91 Å². The van der Waals surface area contributed by atoms with Crippen LogP contribution in [0.2, 0.25) is 0 Å². The summed E-state index contributed by atoms with van der Waals surface area (Å²) in [6.45, 7) is 4.84. The number of rotatable bonds is 11. The molecular weight excluding hydrogens is 694 g/mol. The molecule has 1 aliphatic rings. The molecule has 1 amide bonds. The van der Waals surface area contributed by atoms with Gasteiger partial charge >= 0.3 is 0 Å². The van der Waals surface area contributed by atoms with E-state index in [0.29, 0.717) is 55.7 Å². The molecule has 0 spiro atoms. The molecule has 0 radical (unpaired) electrons. The molecule has 2 N–H and O–H groups in total. The van der Waals surface area contributed by atoms with Crippen LogP contribution in [0.3, 0.4) is 0 Å². The lowest BCUT2D eigenvalue weighted by atomic mass is 10.1. The van der Waals surface area contributed by atoms with E-state index < -0.39 is 10.0 Å². The fourth-order valence-electron chi connectivity index (χ4n) is 5.60. The van der Waals surface area contributed by atoms with Crippen molar-refractivity contribution in [3.8, 4) is 17.2 Å². The maximum atomic E-state index is 14.2. The third-order valence-corrected chi connectivity index (χ3v) is 10.1. The number of ketones is 1. The normalized spacial score (nSPS) is 14.0. The highest BCUT2D eigenvalue weighted by molar-refractivity contribution is 9.10. The molecule has 1 saturated heterocycles. The van der Waals surface area contributed by atoms with Crippen molar-refractivity contribution in [1.82, 2.24) is 19.2 Å². The number of carbonyl (C=O) groups is 2. The largest absolute Gasteiger partial charge is 0.457 e. The van der Waals surface area contributed by atoms with Gasteiger partial charge in [0, 0.05) is 34.3 Å². The number of morpholine rings is 1. The van der Waals surface area contributed by atoms with Crippen molar-refractivity contribution in [2.45, 2.75) is 13.7 Å². The molecule has 0 unspecified atom stereocenters. The number of halogens is 1. The molecule has 3 aromatic carbocycles. The van der Waals surface area contributed by atoms with Crippen LogP contribution in [0.15, 0.2) is 77.4 Å². The van der Waals surface area contributed by atoms with Crippen LogP contribution < -0.4 is 10.5 Å². The summed E-state index contributed by atoms with van der Waals surface area (Å²) in [5.41, 5.74) is 10.3. The van der Waals surface area contributed by atoms with Crippen LogP contribution >= 0.6 is 26.0 Å². The number of anilines is 1. The Kier molecular flexibility index (Phi) is 9.98. The minimum atomic E-state index is -0.746. The third-order valence-electron chi connectivity index (χ3n) is 8.22. The number of carbonyl (C=O) groups excluding carboxylic acids is 2. The van der Waals surface area contributed by atoms with E-state index in [1.54, 1.807) is 9.58 Å². The molecule has 1 aliphatic heterocycles. The van der Waals surface area contributed by atoms with Crippen LogP contribution in [0, 0.1) is 6.92 Å². The van der Waals surface area contributed by atoms with Crippen molar-refractivity contribution in [1.29, 1.82) is 0 Å². The fourth-order valence-corrected chi connectivity index (χ4v) is 6.60. The van der Waals surface area contributed by atoms with Crippen molar-refractivity contribution in [3.05, 3.63) is 99.8 Å². The first-order valence-electron chi connectivity index (χ1n) is 15.7. The summed E-state index contributed by atoms with van der Waals surface area (Å²) >= 11 is 3.47. The molecule has 0 aliphatic carbocycles. The van der Waals surface area contributed by atoms with Gasteiger partial charge < -0.3 is 29.4 Å². The van der Waals surface area contributed by atoms with Crippen molar-refractivity contribution in [2.24, 2.45) is 0 Å². The summed E-state index contributed by atoms with van der Waals surface area (Å²) in [6.07, 6.45) is 8.24. The number of benzene rings is 3. The molecule has 0 bridgehead atoms. The number of aromatic nitrogens is 3. The SMILES string of the molecule is Cc1cc(Oc2cccc(Br)c2)ccc1-n1ncc(C(=O)c2cc3cc(C(=O)N4CCOCC4)ccc3n2COCCS(C)(C)C)c1N. The zero-order chi connectivity index (χ0) is 34.0. The number of nitrogens with zero attached hydrogens (tertiary/aromatic N) is 4. The Bertz CT molecular complexity index is 1980. The van der Waals surface area contributed by atoms with Crippen molar-refractivity contribution in [2.75, 3.05) is 63.2 Å². The van der Waals surface area contributed by atoms with Gasteiger partial charge in [0.05, 0.1) is 48.5 Å². The van der Waals surface area contributed by atoms with E-state index >= 15 is 0 Å². The quantitative estimate of drug-likeness (QED) is 0.120. The second kappa shape index (κ2) is 14.2. The van der Waals surface area contributed by atoms with Gasteiger partial charge in [0.2, 0.25) is 5.78 Å². The molecule has 3 heterocycles. The van der Waals surface area contributed by atoms with Gasteiger partial charge in [0.1, 0.15) is 24.0 Å². The Labute approximate surface area is 290 Å². The molecule has 0 saturated carbocycles. The van der Waals surface area contributed by atoms with Gasteiger partial charge in [-0.15, -0.1) is 0 Å². The average molecular weight is 735 g/mol. The predicted molar refractivity (Wildman–Crippen MR) is 195 cm³/mol. The Morgan fingerprint density at radius 3 is 2.50 bits per heavy atom. The molecule has 1 fully saturated rings. The standard InChI is InChI=1S/C36H40BrN5O5S/c1-24-18-29(47-28-7-5-6-27(37)21-28)9-11-31(24)42-35(38)30(22-39-42)34(43)33-20-26-19-25(36(44)40-12-14-45-15-13-40)8-10-32(26)41(33)23-46-16-17-48(2,3)4/h5-11,18-22H,12-17,23,38H2,1-4H3. The number of hydrogen-bond donors (Lipinski definition) is 1. The zero-order valence-corrected chi connectivity index (χ0v) is 30.0. The number of hydrogen-bond acceptors (Lipinski definition) is 7. The Morgan fingerprint density at radius 1 is 1.00 bits per heavy atom. The van der Waals surface area contributed by atoms with Crippen molar-refractivity contribution >= 4 is 54.4 Å². The summed E-state index contributed by atoms with van der Waals surface area (Å²) in [7, 11) is -0.746. The summed E-state index contributed by atoms with van der Waals surface area (Å²) in [5, 5.41) is 5.29. The van der Waals surface area contributed by atoms with Gasteiger partial charge in [-0.05, 0) is 91.9 Å². The highest BCUT2D eigenvalue weighted by atomic mass is 79.9. The molecule has 6 rings (SSSR count). The first-order valence-corrected chi connectivity index (χ1v) is 19.5. The highest BCUT2D eigenvalue weighted by Gasteiger charge is 2.25. The Balaban J connectivity index is 1.30. The van der Waals surface area contributed by atoms with E-state index in [4.69, 9.17) is 19.9 Å². The first-order chi connectivity index (χ1) is 23.0. The van der Waals surface area contributed by atoms with E-state index in [1.807, 2.05) is 78.2 Å². The summed E-state index contributed by atoms with van der Waals surface area (Å²) < 4.78 is 21.9. The number of ether oxygens (including phenoxy) is 3. The lowest BCUT2D eigenvalue weighted by Crippen LogP contribution is -2.40. The van der Waals surface area contributed by atoms with Crippen LogP contribution in [0.5, 0.6) is 11.5 Å². The van der Waals surface area contributed by atoms with Gasteiger partial charge in [-0.1, -0.05) is 22.0 Å². The monoisotopic (exact) mass is 733 g/mol. The maximum Gasteiger partial charge on any atom is 0.254 e. The predicted octanol–water partition coefficient (Wildman–Crippen LogP) is 6.64. The summed E-state index contributed by atoms with van der Waals surface area (Å²) in [5.74, 6) is 2.20. The zero-order valence-electron chi connectivity index (χ0n) is 27.6. The van der Waals surface area contributed by atoms with E-state index in [2.05, 4.69) is 39.8 Å². The van der Waals surface area contributed by atoms with Gasteiger partial charge in [-0.25, -0.2) is 14.7 Å². The van der Waals surface area contributed by atoms with Crippen LogP contribution in [0.1, 0.15) is 32.0 Å². The van der Waals surface area contributed by atoms with E-state index in [9.17, 15) is 9.59 Å². The van der Waals surface area contributed by atoms with Crippen LogP contribution in [-0.4, -0.2) is 88.4 Å². The molecule has 5 aromatic rings. The highest BCUT2D eigenvalue weighted by Crippen LogP contribution is 2.34. The van der Waals surface area contributed by atoms with Crippen molar-refractivity contribution < 1.29 is 23.8 Å². The van der Waals surface area contributed by atoms with Crippen LogP contribution in [0.25, 0.3) is 16.6 Å². The molecular formula is C36H40BrN5O5S. The molecule has 10 nitrogen and oxygen atoms in total. The number of fused-ring (bicyclic) bond motifs is 1. The lowest BCUT2D eigenvalue weighted by Gasteiger charge is -2.26. The fraction of sp³-hybridized carbons (Fsp3) is 0.306. The molecule has 48 heavy (non-hydrogen) atoms. The number of aryl methyl sites for hydroxylation is 1. The second-order valence-corrected chi connectivity index (χ2v) is 18.2. The van der Waals surface area contributed by atoms with E-state index in [0.717, 1.165) is 32.4 Å². The Hall–Kier alpha value is -4.10. The van der Waals surface area contributed by atoms with E-state index in [-0.39, 0.29) is 29.8 Å². The number of nitrogen functional groups attached to an aromatic ring is 1. The van der Waals surface area contributed by atoms with Crippen LogP contribution in [0.4, 0.5) is 5.82 Å². The molecule has 252 valence electrons. The minimum Gasteiger partial charge on any atom is -0.457 e. The number of nitrogens with two attached hydrogens (primary N) is 1. The third kappa shape index (κ3) is 7.46. The Morgan fingerprint density at radius 2 is 1.77 bits per heavy atom. The lowest BCUT2D eigenvalue weighted by molar-refractivity contribution is 0.0303. The summed E-state index contributed by atoms with van der Waals surface area (Å²) in [6, 6.07) is 20.6. The van der Waals surface area contributed by atoms with Gasteiger partial charge in [0.15, 0.2) is 0 Å². The maximum absolute atomic E-state index is 14.2. The van der Waals surface area contributed by atoms with Gasteiger partial charge in [-0.2, -0.15) is 5.10 Å². The summed E-state index contributed by atoms with van der Waals surface area (Å²) in [4.78, 5) is 29.3. The second-order valence-electron chi connectivity index (χ2n) is 12.7. The van der Waals surface area contributed by atoms with E-state index in [1.165, 1.54) is 6.20 Å². The minimum absolute atomic E-state index is 0.0563. The first kappa shape index (κ1) is 33.8.